The number of benzene rings is 1. The molecule has 1 unspecified atom stereocenters. The fraction of sp³-hybridized carbons (Fsp3) is 0.600. The third-order valence-electron chi connectivity index (χ3n) is 2.98. The van der Waals surface area contributed by atoms with Gasteiger partial charge in [0.1, 0.15) is 0 Å². The average molecular weight is 304 g/mol. The van der Waals surface area contributed by atoms with Crippen LogP contribution in [0.15, 0.2) is 18.2 Å². The van der Waals surface area contributed by atoms with Crippen molar-refractivity contribution in [3.63, 3.8) is 0 Å². The van der Waals surface area contributed by atoms with Crippen LogP contribution in [0.25, 0.3) is 0 Å². The van der Waals surface area contributed by atoms with E-state index < -0.39 is 0 Å². The van der Waals surface area contributed by atoms with E-state index in [0.29, 0.717) is 10.0 Å². The molecule has 0 aliphatic heterocycles. The summed E-state index contributed by atoms with van der Waals surface area (Å²) in [7, 11) is 0. The van der Waals surface area contributed by atoms with Crippen molar-refractivity contribution in [2.45, 2.75) is 39.2 Å². The van der Waals surface area contributed by atoms with Gasteiger partial charge in [-0.15, -0.1) is 0 Å². The van der Waals surface area contributed by atoms with Crippen molar-refractivity contribution in [1.82, 2.24) is 5.32 Å². The lowest BCUT2D eigenvalue weighted by Crippen LogP contribution is -2.23. The zero-order valence-corrected chi connectivity index (χ0v) is 13.2. The third-order valence-corrected chi connectivity index (χ3v) is 3.82. The Morgan fingerprint density at radius 2 is 2.05 bits per heavy atom. The molecule has 0 aliphatic carbocycles. The van der Waals surface area contributed by atoms with Gasteiger partial charge in [-0.1, -0.05) is 42.3 Å². The van der Waals surface area contributed by atoms with Crippen LogP contribution in [0.1, 0.15) is 44.7 Å². The number of ether oxygens (including phenoxy) is 1. The quantitative estimate of drug-likeness (QED) is 0.658. The van der Waals surface area contributed by atoms with E-state index >= 15 is 0 Å². The molecule has 0 heterocycles. The van der Waals surface area contributed by atoms with Crippen molar-refractivity contribution in [3.8, 4) is 0 Å². The highest BCUT2D eigenvalue weighted by Crippen LogP contribution is 2.31. The van der Waals surface area contributed by atoms with E-state index in [2.05, 4.69) is 12.2 Å². The topological polar surface area (TPSA) is 21.3 Å². The third kappa shape index (κ3) is 5.70. The Kier molecular flexibility index (Phi) is 8.47. The van der Waals surface area contributed by atoms with Gasteiger partial charge in [0.15, 0.2) is 0 Å². The SMILES string of the molecule is CCCNC(CCCOCC)c1cccc(Cl)c1Cl. The van der Waals surface area contributed by atoms with E-state index in [1.165, 1.54) is 0 Å². The highest BCUT2D eigenvalue weighted by Gasteiger charge is 2.15. The van der Waals surface area contributed by atoms with Crippen LogP contribution < -0.4 is 5.32 Å². The summed E-state index contributed by atoms with van der Waals surface area (Å²) in [6.45, 7) is 6.70. The molecule has 1 atom stereocenters. The molecule has 0 amide bonds. The maximum atomic E-state index is 6.30. The van der Waals surface area contributed by atoms with E-state index in [4.69, 9.17) is 27.9 Å². The predicted molar refractivity (Wildman–Crippen MR) is 83.2 cm³/mol. The van der Waals surface area contributed by atoms with Crippen molar-refractivity contribution in [2.24, 2.45) is 0 Å². The second-order valence-corrected chi connectivity index (χ2v) is 5.27. The molecular weight excluding hydrogens is 281 g/mol. The maximum absolute atomic E-state index is 6.30. The van der Waals surface area contributed by atoms with Gasteiger partial charge in [0, 0.05) is 19.3 Å². The average Bonchev–Trinajstić information content (AvgIpc) is 2.42. The fourth-order valence-electron chi connectivity index (χ4n) is 2.01. The lowest BCUT2D eigenvalue weighted by atomic mass is 10.0. The standard InChI is InChI=1S/C15H23Cl2NO/c1-3-10-18-14(9-6-11-19-4-2)12-7-5-8-13(16)15(12)17/h5,7-8,14,18H,3-4,6,9-11H2,1-2H3. The van der Waals surface area contributed by atoms with Crippen molar-refractivity contribution in [3.05, 3.63) is 33.8 Å². The van der Waals surface area contributed by atoms with Crippen LogP contribution >= 0.6 is 23.2 Å². The van der Waals surface area contributed by atoms with Gasteiger partial charge in [0.25, 0.3) is 0 Å². The molecule has 108 valence electrons. The first-order chi connectivity index (χ1) is 9.20. The van der Waals surface area contributed by atoms with E-state index in [0.717, 1.165) is 44.6 Å². The minimum atomic E-state index is 0.242. The highest BCUT2D eigenvalue weighted by atomic mass is 35.5. The minimum absolute atomic E-state index is 0.242. The first-order valence-electron chi connectivity index (χ1n) is 6.95. The molecule has 19 heavy (non-hydrogen) atoms. The Labute approximate surface area is 126 Å². The van der Waals surface area contributed by atoms with Crippen LogP contribution in [-0.4, -0.2) is 19.8 Å². The molecule has 0 bridgehead atoms. The summed E-state index contributed by atoms with van der Waals surface area (Å²) >= 11 is 12.4. The number of rotatable bonds is 9. The molecule has 0 aromatic heterocycles. The Morgan fingerprint density at radius 1 is 1.26 bits per heavy atom. The van der Waals surface area contributed by atoms with Crippen molar-refractivity contribution < 1.29 is 4.74 Å². The Hall–Kier alpha value is -0.280. The van der Waals surface area contributed by atoms with Gasteiger partial charge in [0.2, 0.25) is 0 Å². The number of hydrogen-bond donors (Lipinski definition) is 1. The Bertz CT molecular complexity index is 371. The van der Waals surface area contributed by atoms with E-state index in [1.807, 2.05) is 25.1 Å². The molecule has 0 fully saturated rings. The molecule has 0 aliphatic rings. The summed E-state index contributed by atoms with van der Waals surface area (Å²) in [5, 5.41) is 4.81. The molecular formula is C15H23Cl2NO. The number of nitrogens with one attached hydrogen (secondary N) is 1. The lowest BCUT2D eigenvalue weighted by Gasteiger charge is -2.20. The maximum Gasteiger partial charge on any atom is 0.0640 e. The van der Waals surface area contributed by atoms with Gasteiger partial charge in [-0.25, -0.2) is 0 Å². The number of hydrogen-bond acceptors (Lipinski definition) is 2. The molecule has 1 N–H and O–H groups in total. The fourth-order valence-corrected chi connectivity index (χ4v) is 2.45. The van der Waals surface area contributed by atoms with Crippen LogP contribution in [0, 0.1) is 0 Å². The largest absolute Gasteiger partial charge is 0.382 e. The van der Waals surface area contributed by atoms with Crippen molar-refractivity contribution in [1.29, 1.82) is 0 Å². The second kappa shape index (κ2) is 9.60. The lowest BCUT2D eigenvalue weighted by molar-refractivity contribution is 0.141. The van der Waals surface area contributed by atoms with Crippen molar-refractivity contribution in [2.75, 3.05) is 19.8 Å². The van der Waals surface area contributed by atoms with E-state index in [-0.39, 0.29) is 6.04 Å². The van der Waals surface area contributed by atoms with Gasteiger partial charge >= 0.3 is 0 Å². The molecule has 0 saturated carbocycles. The van der Waals surface area contributed by atoms with Crippen LogP contribution in [0.4, 0.5) is 0 Å². The minimum Gasteiger partial charge on any atom is -0.382 e. The van der Waals surface area contributed by atoms with Crippen LogP contribution in [0.5, 0.6) is 0 Å². The Balaban J connectivity index is 2.69. The van der Waals surface area contributed by atoms with Gasteiger partial charge in [0.05, 0.1) is 10.0 Å². The highest BCUT2D eigenvalue weighted by molar-refractivity contribution is 6.42. The van der Waals surface area contributed by atoms with E-state index in [9.17, 15) is 0 Å². The zero-order chi connectivity index (χ0) is 14.1. The summed E-state index contributed by atoms with van der Waals surface area (Å²) < 4.78 is 5.39. The van der Waals surface area contributed by atoms with E-state index in [1.54, 1.807) is 0 Å². The van der Waals surface area contributed by atoms with Crippen LogP contribution in [0.2, 0.25) is 10.0 Å². The van der Waals surface area contributed by atoms with Gasteiger partial charge < -0.3 is 10.1 Å². The first-order valence-corrected chi connectivity index (χ1v) is 7.71. The van der Waals surface area contributed by atoms with Gasteiger partial charge in [-0.3, -0.25) is 0 Å². The monoisotopic (exact) mass is 303 g/mol. The molecule has 1 aromatic rings. The predicted octanol–water partition coefficient (Wildman–Crippen LogP) is 4.85. The molecule has 4 heteroatoms. The summed E-state index contributed by atoms with van der Waals surface area (Å²) in [4.78, 5) is 0. The normalized spacial score (nSPS) is 12.6. The molecule has 1 aromatic carbocycles. The first kappa shape index (κ1) is 16.8. The zero-order valence-electron chi connectivity index (χ0n) is 11.7. The second-order valence-electron chi connectivity index (χ2n) is 4.49. The molecule has 1 rings (SSSR count). The summed E-state index contributed by atoms with van der Waals surface area (Å²) in [6, 6.07) is 6.06. The molecule has 2 nitrogen and oxygen atoms in total. The van der Waals surface area contributed by atoms with Crippen LogP contribution in [-0.2, 0) is 4.74 Å². The molecule has 0 radical (unpaired) electrons. The summed E-state index contributed by atoms with van der Waals surface area (Å²) in [5.41, 5.74) is 1.08. The molecule has 0 saturated heterocycles. The Morgan fingerprint density at radius 3 is 2.74 bits per heavy atom. The summed E-state index contributed by atoms with van der Waals surface area (Å²) in [6.07, 6.45) is 3.11. The van der Waals surface area contributed by atoms with Crippen molar-refractivity contribution >= 4 is 23.2 Å². The molecule has 0 spiro atoms. The van der Waals surface area contributed by atoms with Crippen LogP contribution in [0.3, 0.4) is 0 Å². The summed E-state index contributed by atoms with van der Waals surface area (Å²) in [5.74, 6) is 0. The number of halogens is 2. The van der Waals surface area contributed by atoms with Gasteiger partial charge in [-0.2, -0.15) is 0 Å². The smallest absolute Gasteiger partial charge is 0.0640 e. The van der Waals surface area contributed by atoms with Gasteiger partial charge in [-0.05, 0) is 44.4 Å².